The van der Waals surface area contributed by atoms with Crippen LogP contribution in [0.4, 0.5) is 0 Å². The zero-order chi connectivity index (χ0) is 10.6. The molecule has 0 spiro atoms. The summed E-state index contributed by atoms with van der Waals surface area (Å²) < 4.78 is 0. The van der Waals surface area contributed by atoms with Gasteiger partial charge in [0, 0.05) is 24.1 Å². The molecule has 4 heteroatoms. The van der Waals surface area contributed by atoms with E-state index in [0.717, 1.165) is 18.1 Å². The second kappa shape index (κ2) is 5.61. The highest BCUT2D eigenvalue weighted by molar-refractivity contribution is 7.99. The van der Waals surface area contributed by atoms with Crippen molar-refractivity contribution in [2.75, 3.05) is 18.1 Å². The molecule has 2 unspecified atom stereocenters. The Bertz CT molecular complexity index is 191. The number of rotatable bonds is 3. The Hall–Kier alpha value is -0.220. The lowest BCUT2D eigenvalue weighted by molar-refractivity contribution is -0.123. The lowest BCUT2D eigenvalue weighted by Crippen LogP contribution is -2.51. The second-order valence-corrected chi connectivity index (χ2v) is 5.27. The third-order valence-electron chi connectivity index (χ3n) is 2.61. The van der Waals surface area contributed by atoms with Gasteiger partial charge in [0.1, 0.15) is 0 Å². The van der Waals surface area contributed by atoms with Gasteiger partial charge in [0.2, 0.25) is 5.91 Å². The van der Waals surface area contributed by atoms with Crippen molar-refractivity contribution in [3.05, 3.63) is 0 Å². The summed E-state index contributed by atoms with van der Waals surface area (Å²) in [5, 5.41) is 6.26. The first-order valence-electron chi connectivity index (χ1n) is 5.22. The topological polar surface area (TPSA) is 41.1 Å². The smallest absolute Gasteiger partial charge is 0.238 e. The van der Waals surface area contributed by atoms with Gasteiger partial charge in [-0.1, -0.05) is 13.8 Å². The quantitative estimate of drug-likeness (QED) is 0.735. The monoisotopic (exact) mass is 216 g/mol. The number of hydrogen-bond acceptors (Lipinski definition) is 3. The number of thioether (sulfide) groups is 1. The summed E-state index contributed by atoms with van der Waals surface area (Å²) in [6, 6.07) is 0.270. The molecule has 1 aliphatic rings. The van der Waals surface area contributed by atoms with Crippen LogP contribution in [0, 0.1) is 5.92 Å². The minimum Gasteiger partial charge on any atom is -0.352 e. The van der Waals surface area contributed by atoms with E-state index in [1.165, 1.54) is 0 Å². The molecule has 1 amide bonds. The number of hydrogen-bond donors (Lipinski definition) is 2. The van der Waals surface area contributed by atoms with Gasteiger partial charge in [0.25, 0.3) is 0 Å². The maximum absolute atomic E-state index is 11.7. The van der Waals surface area contributed by atoms with E-state index in [0.29, 0.717) is 5.92 Å². The van der Waals surface area contributed by atoms with Gasteiger partial charge in [-0.15, -0.1) is 0 Å². The van der Waals surface area contributed by atoms with Gasteiger partial charge < -0.3 is 10.6 Å². The Kier molecular flexibility index (Phi) is 4.75. The average molecular weight is 216 g/mol. The van der Waals surface area contributed by atoms with Crippen molar-refractivity contribution >= 4 is 17.7 Å². The van der Waals surface area contributed by atoms with E-state index >= 15 is 0 Å². The Balaban J connectivity index is 2.33. The second-order valence-electron chi connectivity index (χ2n) is 4.12. The summed E-state index contributed by atoms with van der Waals surface area (Å²) in [6.45, 7) is 7.24. The van der Waals surface area contributed by atoms with Gasteiger partial charge in [-0.3, -0.25) is 4.79 Å². The average Bonchev–Trinajstić information content (AvgIpc) is 2.19. The van der Waals surface area contributed by atoms with Crippen LogP contribution in [0.1, 0.15) is 20.8 Å². The van der Waals surface area contributed by atoms with E-state index in [1.54, 1.807) is 0 Å². The van der Waals surface area contributed by atoms with Crippen molar-refractivity contribution in [2.45, 2.75) is 32.9 Å². The molecule has 0 saturated carbocycles. The summed E-state index contributed by atoms with van der Waals surface area (Å²) in [5.74, 6) is 2.66. The maximum Gasteiger partial charge on any atom is 0.238 e. The molecule has 0 aromatic carbocycles. The standard InChI is InChI=1S/C10H20N2OS/c1-7(2)8(3)12-10(13)9-6-14-5-4-11-9/h7-9,11H,4-6H2,1-3H3,(H,12,13). The molecule has 1 saturated heterocycles. The van der Waals surface area contributed by atoms with E-state index in [9.17, 15) is 4.79 Å². The first-order valence-corrected chi connectivity index (χ1v) is 6.38. The molecular formula is C10H20N2OS. The van der Waals surface area contributed by atoms with Crippen LogP contribution in [-0.2, 0) is 4.79 Å². The summed E-state index contributed by atoms with van der Waals surface area (Å²) in [7, 11) is 0. The van der Waals surface area contributed by atoms with E-state index in [-0.39, 0.29) is 18.0 Å². The van der Waals surface area contributed by atoms with Crippen molar-refractivity contribution in [1.29, 1.82) is 0 Å². The predicted molar refractivity (Wildman–Crippen MR) is 61.6 cm³/mol. The van der Waals surface area contributed by atoms with Crippen LogP contribution in [0.25, 0.3) is 0 Å². The molecule has 0 radical (unpaired) electrons. The number of carbonyl (C=O) groups excluding carboxylic acids is 1. The first-order chi connectivity index (χ1) is 6.61. The largest absolute Gasteiger partial charge is 0.352 e. The highest BCUT2D eigenvalue weighted by Gasteiger charge is 2.22. The van der Waals surface area contributed by atoms with Gasteiger partial charge in [-0.05, 0) is 12.8 Å². The third kappa shape index (κ3) is 3.50. The van der Waals surface area contributed by atoms with Gasteiger partial charge in [0.05, 0.1) is 6.04 Å². The molecule has 82 valence electrons. The van der Waals surface area contributed by atoms with Crippen molar-refractivity contribution < 1.29 is 4.79 Å². The molecule has 1 rings (SSSR count). The normalized spacial score (nSPS) is 24.7. The van der Waals surface area contributed by atoms with Gasteiger partial charge in [0.15, 0.2) is 0 Å². The fourth-order valence-corrected chi connectivity index (χ4v) is 2.16. The zero-order valence-corrected chi connectivity index (χ0v) is 9.99. The van der Waals surface area contributed by atoms with Crippen LogP contribution in [0.2, 0.25) is 0 Å². The Morgan fingerprint density at radius 2 is 2.21 bits per heavy atom. The molecule has 0 aliphatic carbocycles. The number of nitrogens with one attached hydrogen (secondary N) is 2. The third-order valence-corrected chi connectivity index (χ3v) is 3.67. The molecule has 0 aromatic rings. The first kappa shape index (κ1) is 11.9. The molecule has 1 fully saturated rings. The van der Waals surface area contributed by atoms with Gasteiger partial charge in [-0.25, -0.2) is 0 Å². The molecule has 3 nitrogen and oxygen atoms in total. The molecule has 1 aliphatic heterocycles. The fraction of sp³-hybridized carbons (Fsp3) is 0.900. The summed E-state index contributed by atoms with van der Waals surface area (Å²) in [6.07, 6.45) is 0. The fourth-order valence-electron chi connectivity index (χ4n) is 1.23. The van der Waals surface area contributed by atoms with Crippen molar-refractivity contribution in [3.63, 3.8) is 0 Å². The van der Waals surface area contributed by atoms with E-state index in [4.69, 9.17) is 0 Å². The Morgan fingerprint density at radius 1 is 1.50 bits per heavy atom. The van der Waals surface area contributed by atoms with E-state index in [1.807, 2.05) is 11.8 Å². The highest BCUT2D eigenvalue weighted by atomic mass is 32.2. The molecule has 14 heavy (non-hydrogen) atoms. The minimum atomic E-state index is 0.00921. The lowest BCUT2D eigenvalue weighted by atomic mass is 10.1. The van der Waals surface area contributed by atoms with Crippen LogP contribution in [-0.4, -0.2) is 36.0 Å². The van der Waals surface area contributed by atoms with Crippen molar-refractivity contribution in [1.82, 2.24) is 10.6 Å². The summed E-state index contributed by atoms with van der Waals surface area (Å²) in [5.41, 5.74) is 0. The number of carbonyl (C=O) groups is 1. The predicted octanol–water partition coefficient (Wildman–Crippen LogP) is 0.852. The molecule has 2 N–H and O–H groups in total. The van der Waals surface area contributed by atoms with Gasteiger partial charge in [-0.2, -0.15) is 11.8 Å². The minimum absolute atomic E-state index is 0.00921. The molecular weight excluding hydrogens is 196 g/mol. The van der Waals surface area contributed by atoms with Crippen LogP contribution in [0.15, 0.2) is 0 Å². The van der Waals surface area contributed by atoms with Crippen LogP contribution >= 0.6 is 11.8 Å². The van der Waals surface area contributed by atoms with Crippen LogP contribution < -0.4 is 10.6 Å². The maximum atomic E-state index is 11.7. The highest BCUT2D eigenvalue weighted by Crippen LogP contribution is 2.08. The van der Waals surface area contributed by atoms with Crippen LogP contribution in [0.3, 0.4) is 0 Å². The lowest BCUT2D eigenvalue weighted by Gasteiger charge is -2.25. The van der Waals surface area contributed by atoms with E-state index < -0.39 is 0 Å². The molecule has 0 aromatic heterocycles. The summed E-state index contributed by atoms with van der Waals surface area (Å²) >= 11 is 1.84. The SMILES string of the molecule is CC(C)C(C)NC(=O)C1CSCCN1. The van der Waals surface area contributed by atoms with Crippen LogP contribution in [0.5, 0.6) is 0 Å². The number of amides is 1. The Morgan fingerprint density at radius 3 is 2.71 bits per heavy atom. The molecule has 1 heterocycles. The van der Waals surface area contributed by atoms with Crippen molar-refractivity contribution in [3.8, 4) is 0 Å². The van der Waals surface area contributed by atoms with Gasteiger partial charge >= 0.3 is 0 Å². The summed E-state index contributed by atoms with van der Waals surface area (Å²) in [4.78, 5) is 11.7. The van der Waals surface area contributed by atoms with Crippen molar-refractivity contribution in [2.24, 2.45) is 5.92 Å². The molecule has 2 atom stereocenters. The zero-order valence-electron chi connectivity index (χ0n) is 9.17. The Labute approximate surface area is 90.4 Å². The van der Waals surface area contributed by atoms with E-state index in [2.05, 4.69) is 31.4 Å². The molecule has 0 bridgehead atoms.